The standard InChI is InChI=1S/C23H32N4O4S/c1-3-32(29,30)26-21-12-11-20(15-22(21)31-2)25-23(28)24-16-18-9-5-6-10-19(18)17-27-13-7-4-8-14-27/h5-6,9-12,15,26H,3-4,7-8,13-14,16-17H2,1-2H3,(H2,24,25,28). The number of hydrogen-bond donors (Lipinski definition) is 3. The first-order valence-corrected chi connectivity index (χ1v) is 12.6. The molecular weight excluding hydrogens is 428 g/mol. The van der Waals surface area contributed by atoms with Gasteiger partial charge in [0.25, 0.3) is 0 Å². The average Bonchev–Trinajstić information content (AvgIpc) is 2.80. The van der Waals surface area contributed by atoms with E-state index in [1.807, 2.05) is 18.2 Å². The van der Waals surface area contributed by atoms with E-state index in [9.17, 15) is 13.2 Å². The van der Waals surface area contributed by atoms with Gasteiger partial charge in [-0.15, -0.1) is 0 Å². The third-order valence-electron chi connectivity index (χ3n) is 5.51. The molecule has 3 rings (SSSR count). The van der Waals surface area contributed by atoms with Crippen LogP contribution in [0, 0.1) is 0 Å². The molecule has 1 aliphatic heterocycles. The predicted octanol–water partition coefficient (Wildman–Crippen LogP) is 3.76. The molecule has 2 amide bonds. The number of carbonyl (C=O) groups is 1. The molecule has 0 radical (unpaired) electrons. The average molecular weight is 461 g/mol. The van der Waals surface area contributed by atoms with Crippen LogP contribution in [0.2, 0.25) is 0 Å². The summed E-state index contributed by atoms with van der Waals surface area (Å²) in [5.74, 6) is 0.282. The van der Waals surface area contributed by atoms with Crippen molar-refractivity contribution in [3.8, 4) is 5.75 Å². The fourth-order valence-corrected chi connectivity index (χ4v) is 4.33. The second-order valence-electron chi connectivity index (χ2n) is 7.83. The summed E-state index contributed by atoms with van der Waals surface area (Å²) in [4.78, 5) is 14.9. The van der Waals surface area contributed by atoms with Crippen molar-refractivity contribution in [2.24, 2.45) is 0 Å². The number of methoxy groups -OCH3 is 1. The number of sulfonamides is 1. The van der Waals surface area contributed by atoms with E-state index in [4.69, 9.17) is 4.74 Å². The number of piperidine rings is 1. The minimum atomic E-state index is -3.43. The number of nitrogens with one attached hydrogen (secondary N) is 3. The first-order chi connectivity index (χ1) is 15.4. The van der Waals surface area contributed by atoms with Crippen LogP contribution >= 0.6 is 0 Å². The molecule has 8 nitrogen and oxygen atoms in total. The summed E-state index contributed by atoms with van der Waals surface area (Å²) in [6, 6.07) is 12.6. The van der Waals surface area contributed by atoms with E-state index < -0.39 is 10.0 Å². The Bertz CT molecular complexity index is 1020. The third-order valence-corrected chi connectivity index (χ3v) is 6.80. The van der Waals surface area contributed by atoms with Gasteiger partial charge in [0.2, 0.25) is 10.0 Å². The lowest BCUT2D eigenvalue weighted by molar-refractivity contribution is 0.220. The largest absolute Gasteiger partial charge is 0.494 e. The van der Waals surface area contributed by atoms with Gasteiger partial charge in [0, 0.05) is 24.8 Å². The molecule has 2 aromatic carbocycles. The smallest absolute Gasteiger partial charge is 0.319 e. The van der Waals surface area contributed by atoms with Crippen molar-refractivity contribution in [1.29, 1.82) is 0 Å². The molecule has 0 atom stereocenters. The number of urea groups is 1. The van der Waals surface area contributed by atoms with Crippen molar-refractivity contribution in [3.63, 3.8) is 0 Å². The summed E-state index contributed by atoms with van der Waals surface area (Å²) >= 11 is 0. The van der Waals surface area contributed by atoms with Gasteiger partial charge in [-0.3, -0.25) is 9.62 Å². The van der Waals surface area contributed by atoms with Crippen LogP contribution in [-0.4, -0.2) is 45.3 Å². The molecule has 0 unspecified atom stereocenters. The summed E-state index contributed by atoms with van der Waals surface area (Å²) in [5, 5.41) is 5.68. The lowest BCUT2D eigenvalue weighted by atomic mass is 10.0. The molecule has 32 heavy (non-hydrogen) atoms. The highest BCUT2D eigenvalue weighted by Gasteiger charge is 2.14. The van der Waals surface area contributed by atoms with Crippen LogP contribution in [0.25, 0.3) is 0 Å². The van der Waals surface area contributed by atoms with Crippen molar-refractivity contribution in [2.75, 3.05) is 36.0 Å². The lowest BCUT2D eigenvalue weighted by Crippen LogP contribution is -2.31. The van der Waals surface area contributed by atoms with Gasteiger partial charge in [-0.1, -0.05) is 30.7 Å². The molecular formula is C23H32N4O4S. The Morgan fingerprint density at radius 1 is 1.06 bits per heavy atom. The number of amides is 2. The molecule has 2 aromatic rings. The zero-order chi connectivity index (χ0) is 23.0. The number of carbonyl (C=O) groups excluding carboxylic acids is 1. The summed E-state index contributed by atoms with van der Waals surface area (Å²) in [6.45, 7) is 5.11. The van der Waals surface area contributed by atoms with E-state index in [-0.39, 0.29) is 11.8 Å². The molecule has 0 aliphatic carbocycles. The topological polar surface area (TPSA) is 99.8 Å². The lowest BCUT2D eigenvalue weighted by Gasteiger charge is -2.27. The van der Waals surface area contributed by atoms with Gasteiger partial charge >= 0.3 is 6.03 Å². The fraction of sp³-hybridized carbons (Fsp3) is 0.435. The Morgan fingerprint density at radius 3 is 2.47 bits per heavy atom. The van der Waals surface area contributed by atoms with Crippen molar-refractivity contribution in [3.05, 3.63) is 53.6 Å². The van der Waals surface area contributed by atoms with Crippen LogP contribution in [0.3, 0.4) is 0 Å². The molecule has 9 heteroatoms. The SMILES string of the molecule is CCS(=O)(=O)Nc1ccc(NC(=O)NCc2ccccc2CN2CCCCC2)cc1OC. The third kappa shape index (κ3) is 6.86. The molecule has 1 saturated heterocycles. The van der Waals surface area contributed by atoms with Crippen molar-refractivity contribution in [1.82, 2.24) is 10.2 Å². The number of ether oxygens (including phenoxy) is 1. The Hall–Kier alpha value is -2.78. The molecule has 0 saturated carbocycles. The highest BCUT2D eigenvalue weighted by molar-refractivity contribution is 7.92. The van der Waals surface area contributed by atoms with E-state index >= 15 is 0 Å². The second kappa shape index (κ2) is 11.2. The Balaban J connectivity index is 1.59. The number of likely N-dealkylation sites (tertiary alicyclic amines) is 1. The highest BCUT2D eigenvalue weighted by Crippen LogP contribution is 2.29. The first kappa shape index (κ1) is 23.9. The molecule has 0 spiro atoms. The molecule has 1 heterocycles. The molecule has 3 N–H and O–H groups in total. The van der Waals surface area contributed by atoms with Gasteiger partial charge in [0.1, 0.15) is 5.75 Å². The van der Waals surface area contributed by atoms with E-state index in [2.05, 4.69) is 26.3 Å². The van der Waals surface area contributed by atoms with E-state index in [0.717, 1.165) is 25.2 Å². The van der Waals surface area contributed by atoms with Crippen LogP contribution in [0.15, 0.2) is 42.5 Å². The van der Waals surface area contributed by atoms with Crippen LogP contribution in [-0.2, 0) is 23.1 Å². The zero-order valence-electron chi connectivity index (χ0n) is 18.7. The van der Waals surface area contributed by atoms with Gasteiger partial charge in [-0.25, -0.2) is 13.2 Å². The fourth-order valence-electron chi connectivity index (χ4n) is 3.69. The quantitative estimate of drug-likeness (QED) is 0.529. The molecule has 1 fully saturated rings. The minimum Gasteiger partial charge on any atom is -0.494 e. The molecule has 174 valence electrons. The van der Waals surface area contributed by atoms with Crippen LogP contribution < -0.4 is 20.1 Å². The van der Waals surface area contributed by atoms with E-state index in [0.29, 0.717) is 23.7 Å². The first-order valence-electron chi connectivity index (χ1n) is 10.9. The van der Waals surface area contributed by atoms with Crippen molar-refractivity contribution in [2.45, 2.75) is 39.3 Å². The van der Waals surface area contributed by atoms with Crippen LogP contribution in [0.4, 0.5) is 16.2 Å². The van der Waals surface area contributed by atoms with E-state index in [1.54, 1.807) is 25.1 Å². The Kier molecular flexibility index (Phi) is 8.35. The second-order valence-corrected chi connectivity index (χ2v) is 9.84. The number of anilines is 2. The van der Waals surface area contributed by atoms with Gasteiger partial charge in [0.05, 0.1) is 18.6 Å². The maximum atomic E-state index is 12.5. The number of rotatable bonds is 9. The van der Waals surface area contributed by atoms with Crippen molar-refractivity contribution >= 4 is 27.4 Å². The maximum Gasteiger partial charge on any atom is 0.319 e. The Morgan fingerprint density at radius 2 is 1.78 bits per heavy atom. The number of hydrogen-bond acceptors (Lipinski definition) is 5. The monoisotopic (exact) mass is 460 g/mol. The van der Waals surface area contributed by atoms with Gasteiger partial charge in [-0.2, -0.15) is 0 Å². The van der Waals surface area contributed by atoms with Crippen LogP contribution in [0.5, 0.6) is 5.75 Å². The van der Waals surface area contributed by atoms with Crippen molar-refractivity contribution < 1.29 is 17.9 Å². The maximum absolute atomic E-state index is 12.5. The van der Waals surface area contributed by atoms with E-state index in [1.165, 1.54) is 31.9 Å². The summed E-state index contributed by atoms with van der Waals surface area (Å²) in [5.41, 5.74) is 3.14. The summed E-state index contributed by atoms with van der Waals surface area (Å²) in [6.07, 6.45) is 3.78. The molecule has 0 aromatic heterocycles. The Labute approximate surface area is 190 Å². The minimum absolute atomic E-state index is 0.0439. The zero-order valence-corrected chi connectivity index (χ0v) is 19.5. The number of benzene rings is 2. The predicted molar refractivity (Wildman–Crippen MR) is 128 cm³/mol. The number of nitrogens with zero attached hydrogens (tertiary/aromatic N) is 1. The molecule has 0 bridgehead atoms. The van der Waals surface area contributed by atoms with Crippen LogP contribution in [0.1, 0.15) is 37.3 Å². The highest BCUT2D eigenvalue weighted by atomic mass is 32.2. The van der Waals surface area contributed by atoms with Gasteiger partial charge < -0.3 is 15.4 Å². The van der Waals surface area contributed by atoms with Gasteiger partial charge in [-0.05, 0) is 56.1 Å². The molecule has 1 aliphatic rings. The normalized spacial score (nSPS) is 14.6. The summed E-state index contributed by atoms with van der Waals surface area (Å²) in [7, 11) is -1.98. The van der Waals surface area contributed by atoms with Gasteiger partial charge in [0.15, 0.2) is 0 Å². The summed E-state index contributed by atoms with van der Waals surface area (Å²) < 4.78 is 31.4.